The second-order valence-corrected chi connectivity index (χ2v) is 8.93. The van der Waals surface area contributed by atoms with Gasteiger partial charge in [0.25, 0.3) is 5.56 Å². The van der Waals surface area contributed by atoms with E-state index in [4.69, 9.17) is 4.74 Å². The van der Waals surface area contributed by atoms with Crippen molar-refractivity contribution in [1.29, 1.82) is 0 Å². The minimum Gasteiger partial charge on any atom is -0.497 e. The molecule has 3 atom stereocenters. The predicted molar refractivity (Wildman–Crippen MR) is 118 cm³/mol. The van der Waals surface area contributed by atoms with Crippen LogP contribution in [0.15, 0.2) is 52.4 Å². The van der Waals surface area contributed by atoms with Crippen LogP contribution in [0.2, 0.25) is 0 Å². The maximum Gasteiger partial charge on any atom is 0.254 e. The number of hydrogen-bond acceptors (Lipinski definition) is 4. The number of hydrogen-bond donors (Lipinski definition) is 1. The van der Waals surface area contributed by atoms with Crippen LogP contribution in [0.3, 0.4) is 0 Å². The molecule has 4 nitrogen and oxygen atoms in total. The molecule has 0 radical (unpaired) electrons. The molecule has 0 saturated heterocycles. The Morgan fingerprint density at radius 3 is 2.52 bits per heavy atom. The lowest BCUT2D eigenvalue weighted by molar-refractivity contribution is 0.414. The fraction of sp³-hybridized carbons (Fsp3) is 0.333. The lowest BCUT2D eigenvalue weighted by Gasteiger charge is -2.16. The highest BCUT2D eigenvalue weighted by Crippen LogP contribution is 2.49. The molecule has 1 aliphatic rings. The van der Waals surface area contributed by atoms with Gasteiger partial charge in [-0.25, -0.2) is 13.8 Å². The smallest absolute Gasteiger partial charge is 0.254 e. The van der Waals surface area contributed by atoms with Crippen molar-refractivity contribution >= 4 is 11.8 Å². The van der Waals surface area contributed by atoms with Crippen molar-refractivity contribution in [3.05, 3.63) is 86.8 Å². The van der Waals surface area contributed by atoms with Crippen LogP contribution in [0.25, 0.3) is 0 Å². The first kappa shape index (κ1) is 21.6. The molecule has 2 aromatic carbocycles. The number of ether oxygens (including phenoxy) is 1. The zero-order chi connectivity index (χ0) is 22.1. The normalized spacial score (nSPS) is 18.6. The van der Waals surface area contributed by atoms with Crippen molar-refractivity contribution in [3.8, 4) is 5.75 Å². The Bertz CT molecular complexity index is 1130. The molecule has 0 spiro atoms. The van der Waals surface area contributed by atoms with Crippen molar-refractivity contribution in [2.75, 3.05) is 12.9 Å². The fourth-order valence-electron chi connectivity index (χ4n) is 3.96. The van der Waals surface area contributed by atoms with Crippen LogP contribution in [-0.2, 0) is 0 Å². The second kappa shape index (κ2) is 8.83. The van der Waals surface area contributed by atoms with E-state index in [1.165, 1.54) is 35.5 Å². The van der Waals surface area contributed by atoms with Crippen molar-refractivity contribution in [2.45, 2.75) is 37.3 Å². The van der Waals surface area contributed by atoms with Gasteiger partial charge in [-0.3, -0.25) is 4.79 Å². The third-order valence-electron chi connectivity index (χ3n) is 5.91. The van der Waals surface area contributed by atoms with Crippen molar-refractivity contribution in [2.24, 2.45) is 5.92 Å². The summed E-state index contributed by atoms with van der Waals surface area (Å²) in [5.41, 5.74) is 1.71. The van der Waals surface area contributed by atoms with E-state index in [1.54, 1.807) is 21.0 Å². The monoisotopic (exact) mass is 442 g/mol. The Hall–Kier alpha value is -2.67. The molecular formula is C24H24F2N2O2S. The average molecular weight is 443 g/mol. The molecule has 7 heteroatoms. The summed E-state index contributed by atoms with van der Waals surface area (Å²) in [6, 6.07) is 11.9. The number of nitrogens with one attached hydrogen (secondary N) is 1. The van der Waals surface area contributed by atoms with Gasteiger partial charge in [-0.05, 0) is 55.0 Å². The first-order chi connectivity index (χ1) is 14.9. The first-order valence-corrected chi connectivity index (χ1v) is 11.2. The van der Waals surface area contributed by atoms with Crippen molar-refractivity contribution < 1.29 is 13.5 Å². The van der Waals surface area contributed by atoms with Crippen molar-refractivity contribution in [1.82, 2.24) is 9.97 Å². The molecule has 1 aliphatic carbocycles. The number of methoxy groups -OCH3 is 1. The summed E-state index contributed by atoms with van der Waals surface area (Å²) in [7, 11) is 1.65. The maximum atomic E-state index is 14.3. The van der Waals surface area contributed by atoms with E-state index in [2.05, 4.69) is 22.1 Å². The molecule has 0 amide bonds. The summed E-state index contributed by atoms with van der Waals surface area (Å²) >= 11 is 1.48. The zero-order valence-electron chi connectivity index (χ0n) is 17.6. The summed E-state index contributed by atoms with van der Waals surface area (Å²) in [5.74, 6) is 0.689. The molecule has 31 heavy (non-hydrogen) atoms. The van der Waals surface area contributed by atoms with Crippen LogP contribution in [0, 0.1) is 24.5 Å². The third kappa shape index (κ3) is 4.51. The van der Waals surface area contributed by atoms with Crippen LogP contribution >= 0.6 is 11.8 Å². The van der Waals surface area contributed by atoms with Crippen LogP contribution in [0.5, 0.6) is 5.75 Å². The van der Waals surface area contributed by atoms with Gasteiger partial charge in [0.2, 0.25) is 0 Å². The maximum absolute atomic E-state index is 14.3. The van der Waals surface area contributed by atoms with Gasteiger partial charge in [0.1, 0.15) is 17.4 Å². The summed E-state index contributed by atoms with van der Waals surface area (Å²) in [5, 5.41) is 0.481. The van der Waals surface area contributed by atoms with Crippen LogP contribution < -0.4 is 10.3 Å². The van der Waals surface area contributed by atoms with E-state index >= 15 is 0 Å². The van der Waals surface area contributed by atoms with Crippen LogP contribution in [-0.4, -0.2) is 22.8 Å². The zero-order valence-corrected chi connectivity index (χ0v) is 18.4. The summed E-state index contributed by atoms with van der Waals surface area (Å²) < 4.78 is 33.7. The highest BCUT2D eigenvalue weighted by Gasteiger charge is 2.38. The standard InChI is InChI=1S/C24H24F2N2O2S/c1-13(21-19(25)5-4-6-20(21)26)22-14(2)23(29)28-24(27-22)31-12-16-11-18(16)15-7-9-17(30-3)10-8-15/h4-10,13,16,18H,11-12H2,1-3H3,(H,27,28,29)/t13-,16+,18+/m0/s1. The van der Waals surface area contributed by atoms with Crippen molar-refractivity contribution in [3.63, 3.8) is 0 Å². The molecule has 1 fully saturated rings. The molecule has 0 bridgehead atoms. The third-order valence-corrected chi connectivity index (χ3v) is 6.97. The van der Waals surface area contributed by atoms with Crippen LogP contribution in [0.1, 0.15) is 47.6 Å². The largest absolute Gasteiger partial charge is 0.497 e. The molecule has 4 rings (SSSR count). The molecule has 0 aliphatic heterocycles. The molecule has 1 saturated carbocycles. The Balaban J connectivity index is 1.49. The van der Waals surface area contributed by atoms with Crippen LogP contribution in [0.4, 0.5) is 8.78 Å². The molecule has 162 valence electrons. The minimum atomic E-state index is -0.671. The topological polar surface area (TPSA) is 55.0 Å². The number of thioether (sulfide) groups is 1. The summed E-state index contributed by atoms with van der Waals surface area (Å²) in [6.07, 6.45) is 1.08. The van der Waals surface area contributed by atoms with E-state index in [-0.39, 0.29) is 11.1 Å². The first-order valence-electron chi connectivity index (χ1n) is 10.2. The van der Waals surface area contributed by atoms with E-state index in [1.807, 2.05) is 12.1 Å². The molecule has 1 heterocycles. The highest BCUT2D eigenvalue weighted by atomic mass is 32.2. The molecular weight excluding hydrogens is 418 g/mol. The van der Waals surface area contributed by atoms with Gasteiger partial charge < -0.3 is 9.72 Å². The average Bonchev–Trinajstić information content (AvgIpc) is 3.54. The predicted octanol–water partition coefficient (Wildman–Crippen LogP) is 5.41. The Morgan fingerprint density at radius 2 is 1.87 bits per heavy atom. The minimum absolute atomic E-state index is 0.0681. The van der Waals surface area contributed by atoms with E-state index in [0.29, 0.717) is 28.2 Å². The van der Waals surface area contributed by atoms with Gasteiger partial charge in [-0.2, -0.15) is 0 Å². The molecule has 3 aromatic rings. The molecule has 1 aromatic heterocycles. The lowest BCUT2D eigenvalue weighted by Crippen LogP contribution is -2.19. The van der Waals surface area contributed by atoms with Gasteiger partial charge in [0.15, 0.2) is 5.16 Å². The number of aromatic amines is 1. The lowest BCUT2D eigenvalue weighted by atomic mass is 9.94. The number of nitrogens with zero attached hydrogens (tertiary/aromatic N) is 1. The highest BCUT2D eigenvalue weighted by molar-refractivity contribution is 7.99. The SMILES string of the molecule is COc1ccc([C@H]2C[C@@H]2CSc2nc([C@@H](C)c3c(F)cccc3F)c(C)c(=O)[nH]2)cc1. The summed E-state index contributed by atoms with van der Waals surface area (Å²) in [6.45, 7) is 3.30. The summed E-state index contributed by atoms with van der Waals surface area (Å²) in [4.78, 5) is 19.8. The fourth-order valence-corrected chi connectivity index (χ4v) is 5.02. The Kier molecular flexibility index (Phi) is 6.14. The van der Waals surface area contributed by atoms with E-state index in [0.717, 1.165) is 17.9 Å². The molecule has 1 N–H and O–H groups in total. The Labute approximate surface area is 184 Å². The number of benzene rings is 2. The number of rotatable bonds is 7. The Morgan fingerprint density at radius 1 is 1.19 bits per heavy atom. The number of aromatic nitrogens is 2. The van der Waals surface area contributed by atoms with Gasteiger partial charge in [0.05, 0.1) is 12.8 Å². The second-order valence-electron chi connectivity index (χ2n) is 7.92. The van der Waals surface area contributed by atoms with Gasteiger partial charge >= 0.3 is 0 Å². The quantitative estimate of drug-likeness (QED) is 0.393. The van der Waals surface area contributed by atoms with Gasteiger partial charge in [-0.1, -0.05) is 36.9 Å². The van der Waals surface area contributed by atoms with E-state index < -0.39 is 17.6 Å². The van der Waals surface area contributed by atoms with Gasteiger partial charge in [0, 0.05) is 22.8 Å². The number of H-pyrrole nitrogens is 1. The number of halogens is 2. The van der Waals surface area contributed by atoms with Gasteiger partial charge in [-0.15, -0.1) is 0 Å². The molecule has 0 unspecified atom stereocenters. The van der Waals surface area contributed by atoms with E-state index in [9.17, 15) is 13.6 Å².